The molecule has 0 saturated heterocycles. The van der Waals surface area contributed by atoms with E-state index < -0.39 is 0 Å². The first-order chi connectivity index (χ1) is 11.8. The Morgan fingerprint density at radius 1 is 1.21 bits per heavy atom. The Balaban J connectivity index is 1.75. The Hall–Kier alpha value is -1.62. The van der Waals surface area contributed by atoms with E-state index in [1.54, 1.807) is 0 Å². The number of carbonyl (C=O) groups is 1. The van der Waals surface area contributed by atoms with Gasteiger partial charge in [-0.3, -0.25) is 4.79 Å². The van der Waals surface area contributed by atoms with Gasteiger partial charge in [0.2, 0.25) is 0 Å². The number of nitrogens with zero attached hydrogens (tertiary/aromatic N) is 2. The van der Waals surface area contributed by atoms with Crippen molar-refractivity contribution in [2.45, 2.75) is 70.8 Å². The number of rotatable bonds is 5. The van der Waals surface area contributed by atoms with Gasteiger partial charge in [0.05, 0.1) is 5.69 Å². The summed E-state index contributed by atoms with van der Waals surface area (Å²) in [5.41, 5.74) is 0.939. The van der Waals surface area contributed by atoms with Crippen molar-refractivity contribution in [1.82, 2.24) is 14.9 Å². The van der Waals surface area contributed by atoms with Gasteiger partial charge < -0.3 is 9.88 Å². The van der Waals surface area contributed by atoms with Crippen LogP contribution in [0.3, 0.4) is 0 Å². The third-order valence-corrected chi connectivity index (χ3v) is 5.75. The van der Waals surface area contributed by atoms with Gasteiger partial charge in [0.25, 0.3) is 5.91 Å². The van der Waals surface area contributed by atoms with Crippen molar-refractivity contribution in [3.8, 4) is 5.13 Å². The smallest absolute Gasteiger partial charge is 0.263 e. The van der Waals surface area contributed by atoms with Gasteiger partial charge >= 0.3 is 0 Å². The van der Waals surface area contributed by atoms with Gasteiger partial charge in [-0.1, -0.05) is 56.8 Å². The molecule has 1 fully saturated rings. The van der Waals surface area contributed by atoms with Crippen LogP contribution in [0.15, 0.2) is 24.5 Å². The van der Waals surface area contributed by atoms with Crippen LogP contribution < -0.4 is 5.32 Å². The Kier molecular flexibility index (Phi) is 6.07. The summed E-state index contributed by atoms with van der Waals surface area (Å²) in [6.07, 6.45) is 14.4. The Morgan fingerprint density at radius 3 is 2.54 bits per heavy atom. The molecule has 0 unspecified atom stereocenters. The molecule has 0 atom stereocenters. The highest BCUT2D eigenvalue weighted by Crippen LogP contribution is 2.24. The number of carbonyl (C=O) groups excluding carboxylic acids is 1. The van der Waals surface area contributed by atoms with Gasteiger partial charge in [0.15, 0.2) is 5.13 Å². The minimum Gasteiger partial charge on any atom is -0.349 e. The van der Waals surface area contributed by atoms with Crippen LogP contribution in [-0.4, -0.2) is 21.5 Å². The van der Waals surface area contributed by atoms with Gasteiger partial charge in [-0.15, -0.1) is 0 Å². The van der Waals surface area contributed by atoms with E-state index in [0.717, 1.165) is 41.4 Å². The summed E-state index contributed by atoms with van der Waals surface area (Å²) in [7, 11) is 0. The van der Waals surface area contributed by atoms with Gasteiger partial charge in [-0.25, -0.2) is 4.98 Å². The van der Waals surface area contributed by atoms with Crippen LogP contribution in [0, 0.1) is 0 Å². The molecule has 0 spiro atoms. The largest absolute Gasteiger partial charge is 0.349 e. The third kappa shape index (κ3) is 4.26. The maximum Gasteiger partial charge on any atom is 0.263 e. The minimum absolute atomic E-state index is 0.0694. The number of hydrogen-bond acceptors (Lipinski definition) is 3. The molecule has 5 heteroatoms. The van der Waals surface area contributed by atoms with E-state index in [9.17, 15) is 4.79 Å². The predicted octanol–water partition coefficient (Wildman–Crippen LogP) is 4.73. The summed E-state index contributed by atoms with van der Waals surface area (Å²) < 4.78 is 1.98. The average molecular weight is 346 g/mol. The summed E-state index contributed by atoms with van der Waals surface area (Å²) in [5.74, 6) is 0.0694. The lowest BCUT2D eigenvalue weighted by molar-refractivity contribution is 0.0933. The molecule has 24 heavy (non-hydrogen) atoms. The normalized spacial score (nSPS) is 16.5. The van der Waals surface area contributed by atoms with Gasteiger partial charge in [0, 0.05) is 18.4 Å². The first kappa shape index (κ1) is 17.2. The molecule has 0 radical (unpaired) electrons. The minimum atomic E-state index is 0.0694. The first-order valence-electron chi connectivity index (χ1n) is 9.22. The van der Waals surface area contributed by atoms with Crippen LogP contribution in [0.2, 0.25) is 0 Å². The molecule has 1 amide bonds. The lowest BCUT2D eigenvalue weighted by Crippen LogP contribution is -2.35. The molecule has 0 aromatic carbocycles. The van der Waals surface area contributed by atoms with Crippen LogP contribution >= 0.6 is 11.3 Å². The summed E-state index contributed by atoms with van der Waals surface area (Å²) in [5, 5.41) is 4.16. The van der Waals surface area contributed by atoms with Crippen molar-refractivity contribution in [2.75, 3.05) is 0 Å². The van der Waals surface area contributed by atoms with Crippen molar-refractivity contribution in [2.24, 2.45) is 0 Å². The second kappa shape index (κ2) is 8.47. The van der Waals surface area contributed by atoms with Crippen LogP contribution in [0.1, 0.15) is 73.7 Å². The zero-order valence-corrected chi connectivity index (χ0v) is 15.3. The molecule has 1 aliphatic carbocycles. The molecule has 0 aliphatic heterocycles. The fourth-order valence-electron chi connectivity index (χ4n) is 3.35. The first-order valence-corrected chi connectivity index (χ1v) is 10.0. The summed E-state index contributed by atoms with van der Waals surface area (Å²) in [4.78, 5) is 18.3. The van der Waals surface area contributed by atoms with E-state index in [1.807, 2.05) is 29.1 Å². The molecule has 130 valence electrons. The molecule has 1 saturated carbocycles. The second-order valence-electron chi connectivity index (χ2n) is 6.63. The van der Waals surface area contributed by atoms with Crippen molar-refractivity contribution in [3.05, 3.63) is 35.1 Å². The van der Waals surface area contributed by atoms with Crippen molar-refractivity contribution >= 4 is 17.2 Å². The molecule has 2 heterocycles. The van der Waals surface area contributed by atoms with Crippen LogP contribution in [0.25, 0.3) is 5.13 Å². The molecule has 1 aliphatic rings. The van der Waals surface area contributed by atoms with Crippen LogP contribution in [0.4, 0.5) is 0 Å². The van der Waals surface area contributed by atoms with E-state index in [1.165, 1.54) is 43.4 Å². The number of aromatic nitrogens is 2. The van der Waals surface area contributed by atoms with Crippen LogP contribution in [-0.2, 0) is 6.42 Å². The summed E-state index contributed by atoms with van der Waals surface area (Å²) in [6.45, 7) is 2.13. The summed E-state index contributed by atoms with van der Waals surface area (Å²) >= 11 is 1.50. The number of nitrogens with one attached hydrogen (secondary N) is 1. The number of amides is 1. The SMILES string of the molecule is CCCc1nc(-n2cccc2)sc1C(=O)NC1CCCCCCC1. The Morgan fingerprint density at radius 2 is 1.88 bits per heavy atom. The number of hydrogen-bond donors (Lipinski definition) is 1. The van der Waals surface area contributed by atoms with E-state index in [-0.39, 0.29) is 5.91 Å². The monoisotopic (exact) mass is 345 g/mol. The highest BCUT2D eigenvalue weighted by molar-refractivity contribution is 7.16. The Labute approximate surface area is 148 Å². The fourth-order valence-corrected chi connectivity index (χ4v) is 4.33. The number of thiazole rings is 1. The van der Waals surface area contributed by atoms with Crippen molar-refractivity contribution < 1.29 is 4.79 Å². The van der Waals surface area contributed by atoms with Crippen LogP contribution in [0.5, 0.6) is 0 Å². The quantitative estimate of drug-likeness (QED) is 0.851. The van der Waals surface area contributed by atoms with E-state index in [0.29, 0.717) is 6.04 Å². The third-order valence-electron chi connectivity index (χ3n) is 4.64. The van der Waals surface area contributed by atoms with Crippen molar-refractivity contribution in [1.29, 1.82) is 0 Å². The topological polar surface area (TPSA) is 46.9 Å². The standard InChI is InChI=1S/C19H27N3OS/c1-2-10-16-17(24-19(21-16)22-13-8-9-14-22)18(23)20-15-11-6-4-3-5-7-12-15/h8-9,13-15H,2-7,10-12H2,1H3,(H,20,23). The van der Waals surface area contributed by atoms with E-state index >= 15 is 0 Å². The average Bonchev–Trinajstić information content (AvgIpc) is 3.19. The molecular weight excluding hydrogens is 318 g/mol. The lowest BCUT2D eigenvalue weighted by Gasteiger charge is -2.20. The second-order valence-corrected chi connectivity index (χ2v) is 7.61. The molecule has 2 aromatic rings. The lowest BCUT2D eigenvalue weighted by atomic mass is 9.96. The van der Waals surface area contributed by atoms with Crippen molar-refractivity contribution in [3.63, 3.8) is 0 Å². The highest BCUT2D eigenvalue weighted by atomic mass is 32.1. The zero-order chi connectivity index (χ0) is 16.8. The molecule has 2 aromatic heterocycles. The van der Waals surface area contributed by atoms with E-state index in [2.05, 4.69) is 12.2 Å². The highest BCUT2D eigenvalue weighted by Gasteiger charge is 2.21. The Bertz CT molecular complexity index is 640. The predicted molar refractivity (Wildman–Crippen MR) is 99.0 cm³/mol. The molecule has 0 bridgehead atoms. The molecule has 4 nitrogen and oxygen atoms in total. The van der Waals surface area contributed by atoms with E-state index in [4.69, 9.17) is 4.98 Å². The van der Waals surface area contributed by atoms with Gasteiger partial charge in [0.1, 0.15) is 4.88 Å². The van der Waals surface area contributed by atoms with Gasteiger partial charge in [-0.2, -0.15) is 0 Å². The molecule has 3 rings (SSSR count). The maximum absolute atomic E-state index is 12.8. The van der Waals surface area contributed by atoms with Gasteiger partial charge in [-0.05, 0) is 31.4 Å². The fraction of sp³-hybridized carbons (Fsp3) is 0.579. The summed E-state index contributed by atoms with van der Waals surface area (Å²) in [6, 6.07) is 4.29. The molecular formula is C19H27N3OS. The maximum atomic E-state index is 12.8. The zero-order valence-electron chi connectivity index (χ0n) is 14.5. The number of aryl methyl sites for hydroxylation is 1. The molecule has 1 N–H and O–H groups in total.